The third kappa shape index (κ3) is 4.11. The van der Waals surface area contributed by atoms with E-state index in [1.807, 2.05) is 0 Å². The number of thioether (sulfide) groups is 1. The van der Waals surface area contributed by atoms with Gasteiger partial charge in [-0.05, 0) is 29.5 Å². The second kappa shape index (κ2) is 4.87. The molecule has 0 radical (unpaired) electrons. The molecule has 15 heavy (non-hydrogen) atoms. The summed E-state index contributed by atoms with van der Waals surface area (Å²) >= 11 is -0.143. The summed E-state index contributed by atoms with van der Waals surface area (Å²) in [4.78, 5) is 0.149. The molecule has 0 saturated carbocycles. The van der Waals surface area contributed by atoms with E-state index in [4.69, 9.17) is 11.5 Å². The minimum atomic E-state index is -4.25. The quantitative estimate of drug-likeness (QED) is 0.791. The summed E-state index contributed by atoms with van der Waals surface area (Å²) in [6.45, 7) is 0.270. The van der Waals surface area contributed by atoms with Crippen LogP contribution in [0.15, 0.2) is 29.2 Å². The third-order valence-corrected chi connectivity index (χ3v) is 2.54. The second-order valence-corrected chi connectivity index (χ2v) is 4.10. The van der Waals surface area contributed by atoms with Crippen LogP contribution in [0.4, 0.5) is 13.2 Å². The molecule has 0 aromatic heterocycles. The maximum absolute atomic E-state index is 12.0. The minimum absolute atomic E-state index is 0.143. The van der Waals surface area contributed by atoms with E-state index in [9.17, 15) is 13.2 Å². The van der Waals surface area contributed by atoms with Crippen LogP contribution in [0.2, 0.25) is 0 Å². The Balaban J connectivity index is 2.72. The van der Waals surface area contributed by atoms with Crippen molar-refractivity contribution < 1.29 is 13.2 Å². The number of benzene rings is 1. The van der Waals surface area contributed by atoms with Gasteiger partial charge in [0.15, 0.2) is 0 Å². The summed E-state index contributed by atoms with van der Waals surface area (Å²) in [5.74, 6) is 0. The van der Waals surface area contributed by atoms with Gasteiger partial charge in [-0.1, -0.05) is 12.1 Å². The van der Waals surface area contributed by atoms with E-state index < -0.39 is 5.51 Å². The van der Waals surface area contributed by atoms with E-state index in [0.717, 1.165) is 5.56 Å². The van der Waals surface area contributed by atoms with Crippen LogP contribution in [0.3, 0.4) is 0 Å². The zero-order valence-electron chi connectivity index (χ0n) is 7.79. The van der Waals surface area contributed by atoms with Crippen LogP contribution in [-0.2, 0) is 0 Å². The zero-order valence-corrected chi connectivity index (χ0v) is 8.61. The van der Waals surface area contributed by atoms with Crippen LogP contribution in [-0.4, -0.2) is 12.1 Å². The minimum Gasteiger partial charge on any atom is -0.329 e. The van der Waals surface area contributed by atoms with Gasteiger partial charge in [-0.15, -0.1) is 0 Å². The van der Waals surface area contributed by atoms with E-state index in [0.29, 0.717) is 0 Å². The summed E-state index contributed by atoms with van der Waals surface area (Å²) in [5.41, 5.74) is 7.44. The van der Waals surface area contributed by atoms with Gasteiger partial charge in [0.25, 0.3) is 0 Å². The maximum Gasteiger partial charge on any atom is 0.446 e. The number of rotatable bonds is 3. The highest BCUT2D eigenvalue weighted by Gasteiger charge is 2.29. The largest absolute Gasteiger partial charge is 0.446 e. The van der Waals surface area contributed by atoms with Crippen molar-refractivity contribution >= 4 is 11.8 Å². The predicted molar refractivity (Wildman–Crippen MR) is 54.3 cm³/mol. The average molecular weight is 236 g/mol. The van der Waals surface area contributed by atoms with E-state index in [1.54, 1.807) is 12.1 Å². The van der Waals surface area contributed by atoms with Gasteiger partial charge in [0.05, 0.1) is 0 Å². The fraction of sp³-hybridized carbons (Fsp3) is 0.333. The molecule has 0 bridgehead atoms. The highest BCUT2D eigenvalue weighted by Crippen LogP contribution is 2.36. The molecule has 1 atom stereocenters. The molecule has 2 nitrogen and oxygen atoms in total. The van der Waals surface area contributed by atoms with Crippen LogP contribution >= 0.6 is 11.8 Å². The summed E-state index contributed by atoms with van der Waals surface area (Å²) in [7, 11) is 0. The Morgan fingerprint density at radius 1 is 1.20 bits per heavy atom. The van der Waals surface area contributed by atoms with Crippen LogP contribution < -0.4 is 11.5 Å². The molecule has 0 fully saturated rings. The molecule has 0 spiro atoms. The smallest absolute Gasteiger partial charge is 0.329 e. The Hall–Kier alpha value is -0.720. The number of hydrogen-bond donors (Lipinski definition) is 2. The first kappa shape index (κ1) is 12.4. The van der Waals surface area contributed by atoms with Gasteiger partial charge in [-0.3, -0.25) is 0 Å². The Morgan fingerprint density at radius 2 is 1.73 bits per heavy atom. The fourth-order valence-corrected chi connectivity index (χ4v) is 1.59. The highest BCUT2D eigenvalue weighted by molar-refractivity contribution is 8.00. The molecule has 1 aromatic rings. The van der Waals surface area contributed by atoms with Crippen molar-refractivity contribution in [2.75, 3.05) is 6.54 Å². The lowest BCUT2D eigenvalue weighted by molar-refractivity contribution is -0.0328. The molecule has 0 amide bonds. The number of alkyl halides is 3. The summed E-state index contributed by atoms with van der Waals surface area (Å²) < 4.78 is 36.0. The molecule has 6 heteroatoms. The monoisotopic (exact) mass is 236 g/mol. The molecule has 0 aliphatic carbocycles. The first-order valence-corrected chi connectivity index (χ1v) is 5.05. The van der Waals surface area contributed by atoms with Gasteiger partial charge in [0.1, 0.15) is 0 Å². The molecule has 1 aromatic carbocycles. The van der Waals surface area contributed by atoms with E-state index in [2.05, 4.69) is 0 Å². The van der Waals surface area contributed by atoms with Crippen molar-refractivity contribution in [1.29, 1.82) is 0 Å². The Labute approximate surface area is 89.8 Å². The highest BCUT2D eigenvalue weighted by atomic mass is 32.2. The Kier molecular flexibility index (Phi) is 4.01. The SMILES string of the molecule is NC[C@H](N)c1ccc(SC(F)(F)F)cc1. The van der Waals surface area contributed by atoms with Gasteiger partial charge in [-0.2, -0.15) is 13.2 Å². The van der Waals surface area contributed by atoms with Crippen molar-refractivity contribution in [1.82, 2.24) is 0 Å². The van der Waals surface area contributed by atoms with Crippen LogP contribution in [0.1, 0.15) is 11.6 Å². The van der Waals surface area contributed by atoms with Gasteiger partial charge >= 0.3 is 5.51 Å². The summed E-state index contributed by atoms with van der Waals surface area (Å²) in [6.07, 6.45) is 0. The third-order valence-electron chi connectivity index (χ3n) is 1.80. The van der Waals surface area contributed by atoms with Gasteiger partial charge in [0.2, 0.25) is 0 Å². The summed E-state index contributed by atoms with van der Waals surface area (Å²) in [6, 6.07) is 5.58. The average Bonchev–Trinajstić information content (AvgIpc) is 2.15. The standard InChI is InChI=1S/C9H11F3N2S/c10-9(11,12)15-7-3-1-6(2-4-7)8(14)5-13/h1-4,8H,5,13-14H2/t8-/m0/s1. The Bertz CT molecular complexity index is 310. The van der Waals surface area contributed by atoms with Crippen LogP contribution in [0.5, 0.6) is 0 Å². The number of hydrogen-bond acceptors (Lipinski definition) is 3. The lowest BCUT2D eigenvalue weighted by Gasteiger charge is -2.10. The fourth-order valence-electron chi connectivity index (χ4n) is 1.05. The molecule has 0 saturated heterocycles. The molecule has 0 unspecified atom stereocenters. The lowest BCUT2D eigenvalue weighted by Crippen LogP contribution is -2.20. The number of nitrogens with two attached hydrogens (primary N) is 2. The topological polar surface area (TPSA) is 52.0 Å². The van der Waals surface area contributed by atoms with Crippen LogP contribution in [0.25, 0.3) is 0 Å². The van der Waals surface area contributed by atoms with E-state index >= 15 is 0 Å². The first-order chi connectivity index (χ1) is 6.92. The maximum atomic E-state index is 12.0. The molecule has 0 heterocycles. The van der Waals surface area contributed by atoms with E-state index in [1.165, 1.54) is 12.1 Å². The predicted octanol–water partition coefficient (Wildman–Crippen LogP) is 2.26. The zero-order chi connectivity index (χ0) is 11.5. The van der Waals surface area contributed by atoms with Crippen molar-refractivity contribution in [2.45, 2.75) is 16.4 Å². The van der Waals surface area contributed by atoms with Crippen molar-refractivity contribution in [2.24, 2.45) is 11.5 Å². The molecule has 0 aliphatic heterocycles. The van der Waals surface area contributed by atoms with Gasteiger partial charge < -0.3 is 11.5 Å². The van der Waals surface area contributed by atoms with E-state index in [-0.39, 0.29) is 29.2 Å². The molecule has 0 aliphatic rings. The summed E-state index contributed by atoms with van der Waals surface area (Å²) in [5, 5.41) is 0. The van der Waals surface area contributed by atoms with Crippen molar-refractivity contribution in [3.05, 3.63) is 29.8 Å². The Morgan fingerprint density at radius 3 is 2.13 bits per heavy atom. The number of halogens is 3. The lowest BCUT2D eigenvalue weighted by atomic mass is 10.1. The van der Waals surface area contributed by atoms with Crippen molar-refractivity contribution in [3.8, 4) is 0 Å². The normalized spacial score (nSPS) is 13.9. The van der Waals surface area contributed by atoms with Crippen molar-refractivity contribution in [3.63, 3.8) is 0 Å². The molecular formula is C9H11F3N2S. The molecule has 4 N–H and O–H groups in total. The first-order valence-electron chi connectivity index (χ1n) is 4.24. The van der Waals surface area contributed by atoms with Gasteiger partial charge in [-0.25, -0.2) is 0 Å². The second-order valence-electron chi connectivity index (χ2n) is 2.96. The van der Waals surface area contributed by atoms with Crippen LogP contribution in [0, 0.1) is 0 Å². The molecular weight excluding hydrogens is 225 g/mol. The van der Waals surface area contributed by atoms with Gasteiger partial charge in [0, 0.05) is 17.5 Å². The molecule has 1 rings (SSSR count). The molecule has 84 valence electrons.